The van der Waals surface area contributed by atoms with Gasteiger partial charge in [0.1, 0.15) is 5.78 Å². The van der Waals surface area contributed by atoms with Crippen molar-refractivity contribution in [2.45, 2.75) is 33.2 Å². The Hall–Kier alpha value is -3.73. The second-order valence-electron chi connectivity index (χ2n) is 7.86. The van der Waals surface area contributed by atoms with E-state index in [1.165, 1.54) is 0 Å². The van der Waals surface area contributed by atoms with Gasteiger partial charge in [0.05, 0.1) is 5.52 Å². The lowest BCUT2D eigenvalue weighted by atomic mass is 10.0. The predicted octanol–water partition coefficient (Wildman–Crippen LogP) is 5.17. The number of carbonyl (C=O) groups excluding carboxylic acids is 2. The van der Waals surface area contributed by atoms with E-state index in [1.54, 1.807) is 19.1 Å². The highest BCUT2D eigenvalue weighted by atomic mass is 16.1. The highest BCUT2D eigenvalue weighted by molar-refractivity contribution is 6.05. The van der Waals surface area contributed by atoms with Gasteiger partial charge in [0.2, 0.25) is 0 Å². The fourth-order valence-corrected chi connectivity index (χ4v) is 3.64. The number of ketones is 1. The fourth-order valence-electron chi connectivity index (χ4n) is 3.64. The molecule has 0 atom stereocenters. The van der Waals surface area contributed by atoms with Crippen molar-refractivity contribution in [3.8, 4) is 0 Å². The van der Waals surface area contributed by atoms with Gasteiger partial charge in [-0.3, -0.25) is 9.78 Å². The third-order valence-corrected chi connectivity index (χ3v) is 5.42. The second-order valence-corrected chi connectivity index (χ2v) is 7.86. The van der Waals surface area contributed by atoms with Crippen LogP contribution in [0.4, 0.5) is 5.69 Å². The topological polar surface area (TPSA) is 64.0 Å². The number of pyridine rings is 1. The third-order valence-electron chi connectivity index (χ3n) is 5.42. The zero-order valence-electron chi connectivity index (χ0n) is 17.8. The van der Waals surface area contributed by atoms with Crippen molar-refractivity contribution in [2.75, 3.05) is 5.32 Å². The minimum absolute atomic E-state index is 0.162. The van der Waals surface area contributed by atoms with Gasteiger partial charge in [-0.1, -0.05) is 18.2 Å². The van der Waals surface area contributed by atoms with Gasteiger partial charge in [-0.2, -0.15) is 0 Å². The number of aryl methyl sites for hydroxylation is 2. The normalized spacial score (nSPS) is 10.9. The van der Waals surface area contributed by atoms with Gasteiger partial charge in [-0.05, 0) is 73.4 Å². The van der Waals surface area contributed by atoms with E-state index in [4.69, 9.17) is 0 Å². The molecule has 31 heavy (non-hydrogen) atoms. The molecule has 0 aliphatic rings. The van der Waals surface area contributed by atoms with Crippen LogP contribution in [0.25, 0.3) is 10.9 Å². The van der Waals surface area contributed by atoms with Crippen molar-refractivity contribution < 1.29 is 9.59 Å². The molecule has 2 heterocycles. The monoisotopic (exact) mass is 411 g/mol. The number of aromatic nitrogens is 2. The Bertz CT molecular complexity index is 1230. The smallest absolute Gasteiger partial charge is 0.255 e. The fraction of sp³-hybridized carbons (Fsp3) is 0.192. The molecule has 4 rings (SSSR count). The number of hydrogen-bond acceptors (Lipinski definition) is 3. The standard InChI is InChI=1S/C26H25N3O2/c1-18(30)5-6-20-7-9-22(10-8-20)26(31)28-24-12-11-23-15-21(16-27-25(23)19(24)2)17-29-13-3-4-14-29/h3-4,7-16H,5-6,17H2,1-2H3,(H,28,31). The maximum atomic E-state index is 12.7. The first-order chi connectivity index (χ1) is 15.0. The largest absolute Gasteiger partial charge is 0.350 e. The summed E-state index contributed by atoms with van der Waals surface area (Å²) in [6, 6.07) is 17.5. The SMILES string of the molecule is CC(=O)CCc1ccc(C(=O)Nc2ccc3cc(Cn4cccc4)cnc3c2C)cc1. The Labute approximate surface area is 181 Å². The summed E-state index contributed by atoms with van der Waals surface area (Å²) in [5, 5.41) is 4.05. The number of anilines is 1. The van der Waals surface area contributed by atoms with Crippen molar-refractivity contribution in [3.63, 3.8) is 0 Å². The number of Topliss-reactive ketones (excluding diaryl/α,β-unsaturated/α-hetero) is 1. The van der Waals surface area contributed by atoms with E-state index in [0.29, 0.717) is 18.4 Å². The summed E-state index contributed by atoms with van der Waals surface area (Å²) in [5.74, 6) is 0.00356. The molecule has 0 unspecified atom stereocenters. The molecule has 0 aliphatic heterocycles. The lowest BCUT2D eigenvalue weighted by Gasteiger charge is -2.12. The highest BCUT2D eigenvalue weighted by Gasteiger charge is 2.11. The first-order valence-electron chi connectivity index (χ1n) is 10.4. The van der Waals surface area contributed by atoms with Crippen molar-refractivity contribution in [3.05, 3.63) is 95.4 Å². The van der Waals surface area contributed by atoms with E-state index < -0.39 is 0 Å². The molecule has 0 spiro atoms. The average Bonchev–Trinajstić information content (AvgIpc) is 3.27. The number of amides is 1. The molecular formula is C26H25N3O2. The molecule has 0 bridgehead atoms. The van der Waals surface area contributed by atoms with Crippen LogP contribution in [0.2, 0.25) is 0 Å². The first kappa shape index (κ1) is 20.5. The number of carbonyl (C=O) groups is 2. The van der Waals surface area contributed by atoms with Crippen molar-refractivity contribution >= 4 is 28.3 Å². The van der Waals surface area contributed by atoms with E-state index >= 15 is 0 Å². The van der Waals surface area contributed by atoms with Gasteiger partial charge >= 0.3 is 0 Å². The van der Waals surface area contributed by atoms with Crippen LogP contribution in [-0.2, 0) is 17.8 Å². The van der Waals surface area contributed by atoms with Crippen LogP contribution in [0.5, 0.6) is 0 Å². The van der Waals surface area contributed by atoms with Crippen molar-refractivity contribution in [1.29, 1.82) is 0 Å². The summed E-state index contributed by atoms with van der Waals surface area (Å²) in [4.78, 5) is 28.5. The van der Waals surface area contributed by atoms with Gasteiger partial charge in [0.15, 0.2) is 0 Å². The zero-order valence-corrected chi connectivity index (χ0v) is 17.8. The number of benzene rings is 2. The lowest BCUT2D eigenvalue weighted by Crippen LogP contribution is -2.13. The molecule has 0 fully saturated rings. The number of hydrogen-bond donors (Lipinski definition) is 1. The quantitative estimate of drug-likeness (QED) is 0.456. The summed E-state index contributed by atoms with van der Waals surface area (Å²) in [5.41, 5.74) is 5.34. The summed E-state index contributed by atoms with van der Waals surface area (Å²) in [6.07, 6.45) is 7.16. The molecule has 4 aromatic rings. The van der Waals surface area contributed by atoms with Gasteiger partial charge in [-0.25, -0.2) is 0 Å². The Kier molecular flexibility index (Phi) is 5.94. The van der Waals surface area contributed by atoms with Crippen LogP contribution in [-0.4, -0.2) is 21.2 Å². The zero-order chi connectivity index (χ0) is 21.8. The van der Waals surface area contributed by atoms with Crippen molar-refractivity contribution in [2.24, 2.45) is 0 Å². The minimum atomic E-state index is -0.162. The number of fused-ring (bicyclic) bond motifs is 1. The van der Waals surface area contributed by atoms with Crippen LogP contribution in [0.15, 0.2) is 73.2 Å². The molecule has 0 radical (unpaired) electrons. The Balaban J connectivity index is 1.49. The second kappa shape index (κ2) is 8.96. The maximum Gasteiger partial charge on any atom is 0.255 e. The molecule has 2 aromatic heterocycles. The summed E-state index contributed by atoms with van der Waals surface area (Å²) < 4.78 is 2.11. The Morgan fingerprint density at radius 3 is 2.45 bits per heavy atom. The van der Waals surface area contributed by atoms with Crippen LogP contribution < -0.4 is 5.32 Å². The molecule has 0 saturated carbocycles. The summed E-state index contributed by atoms with van der Waals surface area (Å²) in [7, 11) is 0. The van der Waals surface area contributed by atoms with E-state index in [1.807, 2.05) is 61.9 Å². The van der Waals surface area contributed by atoms with Crippen LogP contribution in [0.1, 0.15) is 40.4 Å². The Morgan fingerprint density at radius 1 is 1.00 bits per heavy atom. The van der Waals surface area contributed by atoms with Gasteiger partial charge in [0, 0.05) is 48.2 Å². The number of rotatable bonds is 7. The van der Waals surface area contributed by atoms with Crippen molar-refractivity contribution in [1.82, 2.24) is 9.55 Å². The van der Waals surface area contributed by atoms with Gasteiger partial charge in [-0.15, -0.1) is 0 Å². The van der Waals surface area contributed by atoms with Crippen LogP contribution in [0, 0.1) is 6.92 Å². The first-order valence-corrected chi connectivity index (χ1v) is 10.4. The molecule has 0 saturated heterocycles. The molecule has 0 aliphatic carbocycles. The minimum Gasteiger partial charge on any atom is -0.350 e. The van der Waals surface area contributed by atoms with Crippen LogP contribution >= 0.6 is 0 Å². The van der Waals surface area contributed by atoms with Gasteiger partial charge in [0.25, 0.3) is 5.91 Å². The van der Waals surface area contributed by atoms with E-state index in [9.17, 15) is 9.59 Å². The van der Waals surface area contributed by atoms with E-state index in [0.717, 1.165) is 39.8 Å². The highest BCUT2D eigenvalue weighted by Crippen LogP contribution is 2.25. The third kappa shape index (κ3) is 4.89. The Morgan fingerprint density at radius 2 is 1.74 bits per heavy atom. The van der Waals surface area contributed by atoms with Gasteiger partial charge < -0.3 is 14.7 Å². The number of nitrogens with one attached hydrogen (secondary N) is 1. The summed E-state index contributed by atoms with van der Waals surface area (Å²) >= 11 is 0. The number of nitrogens with zero attached hydrogens (tertiary/aromatic N) is 2. The predicted molar refractivity (Wildman–Crippen MR) is 123 cm³/mol. The average molecular weight is 412 g/mol. The summed E-state index contributed by atoms with van der Waals surface area (Å²) in [6.45, 7) is 4.34. The molecular weight excluding hydrogens is 386 g/mol. The lowest BCUT2D eigenvalue weighted by molar-refractivity contribution is -0.116. The van der Waals surface area contributed by atoms with E-state index in [-0.39, 0.29) is 11.7 Å². The molecule has 5 heteroatoms. The maximum absolute atomic E-state index is 12.7. The van der Waals surface area contributed by atoms with Crippen LogP contribution in [0.3, 0.4) is 0 Å². The molecule has 1 N–H and O–H groups in total. The molecule has 1 amide bonds. The molecule has 2 aromatic carbocycles. The van der Waals surface area contributed by atoms with E-state index in [2.05, 4.69) is 20.9 Å². The molecule has 156 valence electrons. The molecule has 5 nitrogen and oxygen atoms in total.